The van der Waals surface area contributed by atoms with Gasteiger partial charge in [-0.3, -0.25) is 9.59 Å². The predicted octanol–water partition coefficient (Wildman–Crippen LogP) is 3.38. The lowest BCUT2D eigenvalue weighted by Gasteiger charge is -2.34. The molecule has 1 amide bonds. The Hall–Kier alpha value is -4.30. The quantitative estimate of drug-likeness (QED) is 0.447. The van der Waals surface area contributed by atoms with Gasteiger partial charge in [0.05, 0.1) is 24.1 Å². The van der Waals surface area contributed by atoms with Gasteiger partial charge < -0.3 is 16.2 Å². The first kappa shape index (κ1) is 21.5. The van der Waals surface area contributed by atoms with Crippen LogP contribution < -0.4 is 16.2 Å². The number of nitrogens with zero attached hydrogens (tertiary/aromatic N) is 2. The number of benzene rings is 3. The summed E-state index contributed by atoms with van der Waals surface area (Å²) in [5, 5.41) is 4.46. The molecular weight excluding hydrogens is 435 g/mol. The van der Waals surface area contributed by atoms with Crippen molar-refractivity contribution in [3.8, 4) is 22.7 Å². The first-order valence-corrected chi connectivity index (χ1v) is 10.6. The summed E-state index contributed by atoms with van der Waals surface area (Å²) in [5.74, 6) is -1.30. The van der Waals surface area contributed by atoms with Gasteiger partial charge in [-0.2, -0.15) is 5.10 Å². The summed E-state index contributed by atoms with van der Waals surface area (Å²) in [6.07, 6.45) is 0.127. The van der Waals surface area contributed by atoms with Gasteiger partial charge in [-0.25, -0.2) is 9.07 Å². The highest BCUT2D eigenvalue weighted by Gasteiger charge is 2.48. The molecule has 0 aliphatic heterocycles. The molecule has 0 saturated carbocycles. The van der Waals surface area contributed by atoms with Gasteiger partial charge in [0, 0.05) is 17.5 Å². The number of nitrogens with two attached hydrogens (primary N) is 2. The molecule has 1 aliphatic carbocycles. The largest absolute Gasteiger partial charge is 0.496 e. The van der Waals surface area contributed by atoms with E-state index in [2.05, 4.69) is 5.10 Å². The second-order valence-corrected chi connectivity index (χ2v) is 8.16. The Morgan fingerprint density at radius 2 is 1.71 bits per heavy atom. The molecule has 1 aromatic heterocycles. The maximum atomic E-state index is 14.0. The van der Waals surface area contributed by atoms with E-state index in [9.17, 15) is 14.0 Å². The zero-order chi connectivity index (χ0) is 24.0. The first-order valence-electron chi connectivity index (χ1n) is 10.6. The van der Waals surface area contributed by atoms with E-state index in [0.717, 1.165) is 11.1 Å². The highest BCUT2D eigenvalue weighted by atomic mass is 19.1. The average molecular weight is 456 g/mol. The third-order valence-electron chi connectivity index (χ3n) is 6.13. The smallest absolute Gasteiger partial charge is 0.269 e. The SMILES string of the molecule is COc1ccccc1C(=O)C1(N)Cc2ccccc2-c2c1c(C(N)=O)nn2-c1ccc(F)cc1. The van der Waals surface area contributed by atoms with Crippen molar-refractivity contribution >= 4 is 11.7 Å². The minimum absolute atomic E-state index is 0.112. The number of rotatable bonds is 5. The van der Waals surface area contributed by atoms with Crippen molar-refractivity contribution in [2.45, 2.75) is 12.0 Å². The Balaban J connectivity index is 1.84. The van der Waals surface area contributed by atoms with Crippen molar-refractivity contribution in [2.75, 3.05) is 7.11 Å². The molecule has 170 valence electrons. The predicted molar refractivity (Wildman–Crippen MR) is 124 cm³/mol. The fraction of sp³-hybridized carbons (Fsp3) is 0.115. The lowest BCUT2D eigenvalue weighted by molar-refractivity contribution is 0.0879. The van der Waals surface area contributed by atoms with Crippen LogP contribution in [0.3, 0.4) is 0 Å². The number of ether oxygens (including phenoxy) is 1. The number of Topliss-reactive ketones (excluding diaryl/α,β-unsaturated/α-hetero) is 1. The zero-order valence-corrected chi connectivity index (χ0v) is 18.3. The van der Waals surface area contributed by atoms with E-state index in [0.29, 0.717) is 17.1 Å². The maximum absolute atomic E-state index is 14.0. The molecule has 8 heteroatoms. The standard InChI is InChI=1S/C26H21FN4O3/c1-34-20-9-5-4-8-19(20)24(32)26(29)14-15-6-2-3-7-18(15)23-21(26)22(25(28)33)30-31(23)17-12-10-16(27)11-13-17/h2-13H,14,29H2,1H3,(H2,28,33). The van der Waals surface area contributed by atoms with Crippen LogP contribution in [-0.2, 0) is 12.0 Å². The summed E-state index contributed by atoms with van der Waals surface area (Å²) >= 11 is 0. The number of carbonyl (C=O) groups excluding carboxylic acids is 2. The molecular formula is C26H21FN4O3. The van der Waals surface area contributed by atoms with Crippen molar-refractivity contribution in [3.63, 3.8) is 0 Å². The highest BCUT2D eigenvalue weighted by molar-refractivity contribution is 6.10. The average Bonchev–Trinajstić information content (AvgIpc) is 3.26. The molecule has 1 heterocycles. The van der Waals surface area contributed by atoms with Crippen molar-refractivity contribution in [3.05, 3.63) is 101 Å². The zero-order valence-electron chi connectivity index (χ0n) is 18.3. The topological polar surface area (TPSA) is 113 Å². The van der Waals surface area contributed by atoms with Gasteiger partial charge in [0.25, 0.3) is 5.91 Å². The number of hydrogen-bond donors (Lipinski definition) is 2. The number of carbonyl (C=O) groups is 2. The van der Waals surface area contributed by atoms with Crippen LogP contribution >= 0.6 is 0 Å². The molecule has 1 aliphatic rings. The molecule has 34 heavy (non-hydrogen) atoms. The second kappa shape index (κ2) is 7.93. The molecule has 0 fully saturated rings. The molecule has 4 aromatic rings. The Kier molecular flexibility index (Phi) is 5.02. The Morgan fingerprint density at radius 3 is 2.41 bits per heavy atom. The second-order valence-electron chi connectivity index (χ2n) is 8.16. The third-order valence-corrected chi connectivity index (χ3v) is 6.13. The maximum Gasteiger partial charge on any atom is 0.269 e. The third kappa shape index (κ3) is 3.19. The summed E-state index contributed by atoms with van der Waals surface area (Å²) in [4.78, 5) is 26.5. The highest BCUT2D eigenvalue weighted by Crippen LogP contribution is 2.45. The molecule has 0 saturated heterocycles. The summed E-state index contributed by atoms with van der Waals surface area (Å²) in [7, 11) is 1.47. The lowest BCUT2D eigenvalue weighted by atomic mass is 9.71. The summed E-state index contributed by atoms with van der Waals surface area (Å²) in [6, 6.07) is 19.9. The van der Waals surface area contributed by atoms with Crippen LogP contribution in [0.5, 0.6) is 5.75 Å². The number of methoxy groups -OCH3 is 1. The summed E-state index contributed by atoms with van der Waals surface area (Å²) in [6.45, 7) is 0. The van der Waals surface area contributed by atoms with Crippen molar-refractivity contribution in [1.29, 1.82) is 0 Å². The van der Waals surface area contributed by atoms with Crippen molar-refractivity contribution < 1.29 is 18.7 Å². The molecule has 5 rings (SSSR count). The molecule has 1 atom stereocenters. The molecule has 0 radical (unpaired) electrons. The van der Waals surface area contributed by atoms with Crippen molar-refractivity contribution in [2.24, 2.45) is 11.5 Å². The van der Waals surface area contributed by atoms with Crippen LogP contribution in [0.15, 0.2) is 72.8 Å². The number of halogens is 1. The van der Waals surface area contributed by atoms with E-state index >= 15 is 0 Å². The summed E-state index contributed by atoms with van der Waals surface area (Å²) in [5.41, 5.74) is 13.9. The Morgan fingerprint density at radius 1 is 1.03 bits per heavy atom. The minimum atomic E-state index is -1.65. The monoisotopic (exact) mass is 456 g/mol. The Labute approximate surface area is 194 Å². The van der Waals surface area contributed by atoms with E-state index in [-0.39, 0.29) is 23.2 Å². The van der Waals surface area contributed by atoms with Gasteiger partial charge in [0.2, 0.25) is 0 Å². The van der Waals surface area contributed by atoms with Gasteiger partial charge in [-0.05, 0) is 42.0 Å². The van der Waals surface area contributed by atoms with E-state index in [1.165, 1.54) is 36.1 Å². The van der Waals surface area contributed by atoms with Crippen LogP contribution in [0.2, 0.25) is 0 Å². The first-order chi connectivity index (χ1) is 16.3. The number of amides is 1. The van der Waals surface area contributed by atoms with Gasteiger partial charge in [-0.1, -0.05) is 36.4 Å². The number of primary amides is 1. The van der Waals surface area contributed by atoms with Crippen LogP contribution in [0.1, 0.15) is 32.0 Å². The van der Waals surface area contributed by atoms with Crippen LogP contribution in [-0.4, -0.2) is 28.6 Å². The number of aromatic nitrogens is 2. The van der Waals surface area contributed by atoms with Crippen molar-refractivity contribution in [1.82, 2.24) is 9.78 Å². The van der Waals surface area contributed by atoms with Crippen LogP contribution in [0.25, 0.3) is 16.9 Å². The molecule has 1 unspecified atom stereocenters. The van der Waals surface area contributed by atoms with Crippen LogP contribution in [0.4, 0.5) is 4.39 Å². The number of ketones is 1. The fourth-order valence-electron chi connectivity index (χ4n) is 4.59. The molecule has 0 spiro atoms. The Bertz CT molecular complexity index is 1440. The van der Waals surface area contributed by atoms with Gasteiger partial charge in [0.1, 0.15) is 17.1 Å². The normalized spacial score (nSPS) is 16.4. The summed E-state index contributed by atoms with van der Waals surface area (Å²) < 4.78 is 20.5. The molecule has 7 nitrogen and oxygen atoms in total. The number of para-hydroxylation sites is 1. The van der Waals surface area contributed by atoms with E-state index in [1.54, 1.807) is 24.3 Å². The minimum Gasteiger partial charge on any atom is -0.496 e. The lowest BCUT2D eigenvalue weighted by Crippen LogP contribution is -2.50. The van der Waals surface area contributed by atoms with Gasteiger partial charge >= 0.3 is 0 Å². The van der Waals surface area contributed by atoms with E-state index in [4.69, 9.17) is 16.2 Å². The van der Waals surface area contributed by atoms with E-state index < -0.39 is 23.0 Å². The van der Waals surface area contributed by atoms with Crippen LogP contribution in [0, 0.1) is 5.82 Å². The molecule has 0 bridgehead atoms. The van der Waals surface area contributed by atoms with E-state index in [1.807, 2.05) is 24.3 Å². The number of hydrogen-bond acceptors (Lipinski definition) is 5. The molecule has 4 N–H and O–H groups in total. The fourth-order valence-corrected chi connectivity index (χ4v) is 4.59. The number of fused-ring (bicyclic) bond motifs is 3. The molecule has 3 aromatic carbocycles. The van der Waals surface area contributed by atoms with Gasteiger partial charge in [0.15, 0.2) is 11.5 Å². The van der Waals surface area contributed by atoms with Gasteiger partial charge in [-0.15, -0.1) is 0 Å².